The quantitative estimate of drug-likeness (QED) is 0.780. The molecule has 0 aliphatic carbocycles. The average molecular weight is 211 g/mol. The molecule has 1 heterocycles. The van der Waals surface area contributed by atoms with E-state index in [1.807, 2.05) is 30.3 Å². The van der Waals surface area contributed by atoms with Crippen LogP contribution in [0.1, 0.15) is 5.89 Å². The number of aromatic nitrogens is 2. The lowest BCUT2D eigenvalue weighted by Crippen LogP contribution is -1.94. The molecule has 4 nitrogen and oxygen atoms in total. The Hall–Kier alpha value is -1.55. The van der Waals surface area contributed by atoms with E-state index >= 15 is 0 Å². The molecule has 0 aliphatic rings. The Balaban J connectivity index is 1.95. The van der Waals surface area contributed by atoms with E-state index in [-0.39, 0.29) is 11.9 Å². The van der Waals surface area contributed by atoms with Crippen LogP contribution < -0.4 is 4.74 Å². The fraction of sp³-hybridized carbons (Fsp3) is 0.111. The molecule has 0 unspecified atom stereocenters. The molecule has 2 rings (SSSR count). The summed E-state index contributed by atoms with van der Waals surface area (Å²) in [4.78, 5) is 3.79. The Morgan fingerprint density at radius 2 is 2.07 bits per heavy atom. The highest BCUT2D eigenvalue weighted by Crippen LogP contribution is 2.11. The maximum atomic E-state index is 5.47. The predicted octanol–water partition coefficient (Wildman–Crippen LogP) is 2.30. The van der Waals surface area contributed by atoms with Gasteiger partial charge in [0.25, 0.3) is 11.2 Å². The average Bonchev–Trinajstić information content (AvgIpc) is 2.63. The number of hydrogen-bond donors (Lipinski definition) is 0. The van der Waals surface area contributed by atoms with Crippen molar-refractivity contribution >= 4 is 11.6 Å². The van der Waals surface area contributed by atoms with E-state index in [4.69, 9.17) is 20.9 Å². The standard InChI is InChI=1S/C9H7ClN2O2/c10-9-11-8(14-12-9)6-13-7-4-2-1-3-5-7/h1-5H,6H2. The topological polar surface area (TPSA) is 48.2 Å². The zero-order valence-electron chi connectivity index (χ0n) is 7.18. The molecule has 1 aromatic heterocycles. The molecular formula is C9H7ClN2O2. The molecule has 0 bridgehead atoms. The molecule has 72 valence electrons. The van der Waals surface area contributed by atoms with Gasteiger partial charge in [-0.25, -0.2) is 0 Å². The second-order valence-corrected chi connectivity index (χ2v) is 2.90. The van der Waals surface area contributed by atoms with Crippen molar-refractivity contribution in [3.05, 3.63) is 41.5 Å². The minimum Gasteiger partial charge on any atom is -0.484 e. The number of hydrogen-bond acceptors (Lipinski definition) is 4. The minimum atomic E-state index is 0.0941. The lowest BCUT2D eigenvalue weighted by molar-refractivity contribution is 0.243. The molecule has 0 atom stereocenters. The molecule has 0 N–H and O–H groups in total. The van der Waals surface area contributed by atoms with Crippen molar-refractivity contribution in [1.29, 1.82) is 0 Å². The summed E-state index contributed by atoms with van der Waals surface area (Å²) in [5.74, 6) is 1.11. The Morgan fingerprint density at radius 3 is 2.71 bits per heavy atom. The van der Waals surface area contributed by atoms with Gasteiger partial charge in [0.15, 0.2) is 6.61 Å². The summed E-state index contributed by atoms with van der Waals surface area (Å²) in [6.07, 6.45) is 0. The maximum Gasteiger partial charge on any atom is 0.265 e. The van der Waals surface area contributed by atoms with Gasteiger partial charge in [-0.05, 0) is 28.9 Å². The maximum absolute atomic E-state index is 5.47. The minimum absolute atomic E-state index is 0.0941. The Kier molecular flexibility index (Phi) is 2.65. The van der Waals surface area contributed by atoms with E-state index in [1.165, 1.54) is 0 Å². The molecule has 5 heteroatoms. The molecule has 0 saturated carbocycles. The Labute approximate surface area is 85.5 Å². The molecule has 0 fully saturated rings. The zero-order chi connectivity index (χ0) is 9.80. The molecular weight excluding hydrogens is 204 g/mol. The lowest BCUT2D eigenvalue weighted by Gasteiger charge is -2.00. The third-order valence-corrected chi connectivity index (χ3v) is 1.70. The SMILES string of the molecule is Clc1noc(COc2ccccc2)n1. The molecule has 0 saturated heterocycles. The van der Waals surface area contributed by atoms with Gasteiger partial charge in [0.2, 0.25) is 0 Å². The number of halogens is 1. The van der Waals surface area contributed by atoms with Crippen molar-refractivity contribution in [2.24, 2.45) is 0 Å². The molecule has 2 aromatic rings. The smallest absolute Gasteiger partial charge is 0.265 e. The molecule has 0 aliphatic heterocycles. The van der Waals surface area contributed by atoms with E-state index in [1.54, 1.807) is 0 Å². The van der Waals surface area contributed by atoms with Crippen LogP contribution in [0.5, 0.6) is 5.75 Å². The molecule has 14 heavy (non-hydrogen) atoms. The first-order valence-corrected chi connectivity index (χ1v) is 4.38. The predicted molar refractivity (Wildman–Crippen MR) is 50.1 cm³/mol. The first kappa shape index (κ1) is 9.02. The zero-order valence-corrected chi connectivity index (χ0v) is 7.94. The van der Waals surface area contributed by atoms with Crippen molar-refractivity contribution < 1.29 is 9.26 Å². The van der Waals surface area contributed by atoms with E-state index in [0.717, 1.165) is 5.75 Å². The second-order valence-electron chi connectivity index (χ2n) is 2.56. The second kappa shape index (κ2) is 4.11. The van der Waals surface area contributed by atoms with Crippen molar-refractivity contribution in [3.8, 4) is 5.75 Å². The summed E-state index contributed by atoms with van der Waals surface area (Å²) >= 11 is 5.47. The van der Waals surface area contributed by atoms with Crippen LogP contribution in [0.3, 0.4) is 0 Å². The highest BCUT2D eigenvalue weighted by atomic mass is 35.5. The third kappa shape index (κ3) is 2.23. The summed E-state index contributed by atoms with van der Waals surface area (Å²) in [6.45, 7) is 0.226. The highest BCUT2D eigenvalue weighted by molar-refractivity contribution is 6.28. The largest absolute Gasteiger partial charge is 0.484 e. The number of rotatable bonds is 3. The molecule has 0 radical (unpaired) electrons. The van der Waals surface area contributed by atoms with E-state index in [2.05, 4.69) is 10.1 Å². The normalized spacial score (nSPS) is 10.1. The summed E-state index contributed by atoms with van der Waals surface area (Å²) < 4.78 is 10.1. The van der Waals surface area contributed by atoms with Crippen molar-refractivity contribution in [2.75, 3.05) is 0 Å². The third-order valence-electron chi connectivity index (χ3n) is 1.55. The van der Waals surface area contributed by atoms with Crippen LogP contribution in [-0.2, 0) is 6.61 Å². The summed E-state index contributed by atoms with van der Waals surface area (Å²) in [7, 11) is 0. The molecule has 0 amide bonds. The van der Waals surface area contributed by atoms with Gasteiger partial charge in [0.05, 0.1) is 0 Å². The lowest BCUT2D eigenvalue weighted by atomic mass is 10.3. The van der Waals surface area contributed by atoms with Gasteiger partial charge in [-0.1, -0.05) is 18.2 Å². The van der Waals surface area contributed by atoms with Gasteiger partial charge in [-0.2, -0.15) is 4.98 Å². The van der Waals surface area contributed by atoms with E-state index in [9.17, 15) is 0 Å². The van der Waals surface area contributed by atoms with Gasteiger partial charge < -0.3 is 9.26 Å². The Morgan fingerprint density at radius 1 is 1.29 bits per heavy atom. The van der Waals surface area contributed by atoms with Crippen LogP contribution in [0.15, 0.2) is 34.9 Å². The van der Waals surface area contributed by atoms with Gasteiger partial charge in [-0.15, -0.1) is 0 Å². The number of nitrogens with zero attached hydrogens (tertiary/aromatic N) is 2. The fourth-order valence-corrected chi connectivity index (χ4v) is 1.08. The van der Waals surface area contributed by atoms with Gasteiger partial charge >= 0.3 is 0 Å². The summed E-state index contributed by atoms with van der Waals surface area (Å²) in [5.41, 5.74) is 0. The van der Waals surface area contributed by atoms with Crippen LogP contribution in [0.2, 0.25) is 5.28 Å². The summed E-state index contributed by atoms with van der Waals surface area (Å²) in [6, 6.07) is 9.37. The van der Waals surface area contributed by atoms with Crippen LogP contribution in [0, 0.1) is 0 Å². The van der Waals surface area contributed by atoms with Crippen LogP contribution in [0.4, 0.5) is 0 Å². The number of para-hydroxylation sites is 1. The fourth-order valence-electron chi connectivity index (χ4n) is 0.954. The van der Waals surface area contributed by atoms with Crippen LogP contribution in [0.25, 0.3) is 0 Å². The molecule has 0 spiro atoms. The van der Waals surface area contributed by atoms with Gasteiger partial charge in [-0.3, -0.25) is 0 Å². The van der Waals surface area contributed by atoms with Gasteiger partial charge in [0.1, 0.15) is 5.75 Å². The van der Waals surface area contributed by atoms with E-state index in [0.29, 0.717) is 5.89 Å². The van der Waals surface area contributed by atoms with Crippen molar-refractivity contribution in [2.45, 2.75) is 6.61 Å². The first-order chi connectivity index (χ1) is 6.84. The Bertz CT molecular complexity index is 402. The number of ether oxygens (including phenoxy) is 1. The monoisotopic (exact) mass is 210 g/mol. The van der Waals surface area contributed by atoms with Crippen LogP contribution in [-0.4, -0.2) is 10.1 Å². The van der Waals surface area contributed by atoms with E-state index < -0.39 is 0 Å². The van der Waals surface area contributed by atoms with Crippen molar-refractivity contribution in [3.63, 3.8) is 0 Å². The first-order valence-electron chi connectivity index (χ1n) is 4.00. The van der Waals surface area contributed by atoms with Gasteiger partial charge in [0, 0.05) is 0 Å². The van der Waals surface area contributed by atoms with Crippen molar-refractivity contribution in [1.82, 2.24) is 10.1 Å². The van der Waals surface area contributed by atoms with Crippen LogP contribution >= 0.6 is 11.6 Å². The highest BCUT2D eigenvalue weighted by Gasteiger charge is 2.03. The summed E-state index contributed by atoms with van der Waals surface area (Å²) in [5, 5.41) is 3.52. The number of benzene rings is 1. The molecule has 1 aromatic carbocycles.